The topological polar surface area (TPSA) is 62.0 Å². The molecule has 0 atom stereocenters. The van der Waals surface area contributed by atoms with E-state index in [1.807, 2.05) is 12.1 Å². The number of benzene rings is 1. The van der Waals surface area contributed by atoms with Crippen LogP contribution in [0.5, 0.6) is 5.75 Å². The number of nitrogens with zero attached hydrogens (tertiary/aromatic N) is 1. The average molecular weight is 279 g/mol. The van der Waals surface area contributed by atoms with E-state index in [9.17, 15) is 0 Å². The van der Waals surface area contributed by atoms with E-state index >= 15 is 0 Å². The second kappa shape index (κ2) is 10.3. The van der Waals surface area contributed by atoms with E-state index in [1.165, 1.54) is 44.7 Å². The van der Waals surface area contributed by atoms with E-state index in [0.29, 0.717) is 11.3 Å². The second-order valence-electron chi connectivity index (χ2n) is 5.08. The molecule has 0 fully saturated rings. The lowest BCUT2D eigenvalue weighted by molar-refractivity contribution is -0.137. The van der Waals surface area contributed by atoms with Crippen molar-refractivity contribution < 1.29 is 15.4 Å². The van der Waals surface area contributed by atoms with Crippen molar-refractivity contribution in [1.82, 2.24) is 0 Å². The summed E-state index contributed by atoms with van der Waals surface area (Å²) in [6.07, 6.45) is 11.2. The maximum Gasteiger partial charge on any atom is 0.174 e. The number of oxime groups is 1. The molecule has 2 N–H and O–H groups in total. The van der Waals surface area contributed by atoms with Crippen LogP contribution in [0.3, 0.4) is 0 Å². The summed E-state index contributed by atoms with van der Waals surface area (Å²) in [6, 6.07) is 5.49. The van der Waals surface area contributed by atoms with E-state index in [1.54, 1.807) is 6.07 Å². The number of aryl methyl sites for hydroxylation is 1. The monoisotopic (exact) mass is 279 g/mol. The average Bonchev–Trinajstić information content (AvgIpc) is 2.47. The first kappa shape index (κ1) is 16.5. The van der Waals surface area contributed by atoms with Gasteiger partial charge in [0.2, 0.25) is 0 Å². The van der Waals surface area contributed by atoms with E-state index in [-0.39, 0.29) is 0 Å². The number of unbranched alkanes of at least 4 members (excludes halogenated alkanes) is 6. The van der Waals surface area contributed by atoms with Crippen LogP contribution in [0.1, 0.15) is 63.0 Å². The molecule has 0 heterocycles. The van der Waals surface area contributed by atoms with Gasteiger partial charge in [-0.2, -0.15) is 0 Å². The first-order chi connectivity index (χ1) is 9.81. The van der Waals surface area contributed by atoms with Crippen molar-refractivity contribution in [3.63, 3.8) is 0 Å². The van der Waals surface area contributed by atoms with Gasteiger partial charge in [-0.1, -0.05) is 56.7 Å². The maximum absolute atomic E-state index is 8.71. The standard InChI is InChI=1S/C16H25NO3/c1-2-3-4-5-6-7-8-9-14-10-11-16(20-19)15(12-14)13-17-18/h10-13,18-19H,2-9H2,1H3. The molecule has 0 aliphatic rings. The summed E-state index contributed by atoms with van der Waals surface area (Å²) in [4.78, 5) is 4.23. The van der Waals surface area contributed by atoms with Gasteiger partial charge in [-0.15, -0.1) is 0 Å². The molecule has 1 rings (SSSR count). The zero-order valence-corrected chi connectivity index (χ0v) is 12.2. The van der Waals surface area contributed by atoms with Crippen molar-refractivity contribution in [2.45, 2.75) is 58.3 Å². The smallest absolute Gasteiger partial charge is 0.174 e. The summed E-state index contributed by atoms with van der Waals surface area (Å²) in [5.74, 6) is 0.297. The number of rotatable bonds is 10. The highest BCUT2D eigenvalue weighted by atomic mass is 17.1. The fourth-order valence-corrected chi connectivity index (χ4v) is 2.29. The van der Waals surface area contributed by atoms with Crippen molar-refractivity contribution in [2.24, 2.45) is 5.16 Å². The molecule has 1 aromatic carbocycles. The lowest BCUT2D eigenvalue weighted by Gasteiger charge is -2.06. The first-order valence-electron chi connectivity index (χ1n) is 7.43. The molecule has 0 saturated carbocycles. The Bertz CT molecular complexity index is 405. The fraction of sp³-hybridized carbons (Fsp3) is 0.562. The van der Waals surface area contributed by atoms with Crippen LogP contribution in [0.15, 0.2) is 23.4 Å². The molecule has 112 valence electrons. The van der Waals surface area contributed by atoms with Crippen LogP contribution in [0, 0.1) is 0 Å². The highest BCUT2D eigenvalue weighted by molar-refractivity contribution is 5.83. The van der Waals surface area contributed by atoms with Crippen LogP contribution in [-0.4, -0.2) is 16.7 Å². The predicted molar refractivity (Wildman–Crippen MR) is 80.8 cm³/mol. The molecular weight excluding hydrogens is 254 g/mol. The van der Waals surface area contributed by atoms with E-state index in [2.05, 4.69) is 17.0 Å². The largest absolute Gasteiger partial charge is 0.411 e. The molecule has 0 radical (unpaired) electrons. The Morgan fingerprint density at radius 2 is 1.80 bits per heavy atom. The van der Waals surface area contributed by atoms with Gasteiger partial charge in [0.15, 0.2) is 5.75 Å². The van der Waals surface area contributed by atoms with Gasteiger partial charge in [0.25, 0.3) is 0 Å². The Labute approximate surface area is 121 Å². The molecule has 0 aliphatic carbocycles. The van der Waals surface area contributed by atoms with Crippen LogP contribution in [0.4, 0.5) is 0 Å². The summed E-state index contributed by atoms with van der Waals surface area (Å²) < 4.78 is 0. The van der Waals surface area contributed by atoms with Gasteiger partial charge in [0.1, 0.15) is 0 Å². The third kappa shape index (κ3) is 6.06. The van der Waals surface area contributed by atoms with Crippen LogP contribution in [-0.2, 0) is 6.42 Å². The van der Waals surface area contributed by atoms with Crippen molar-refractivity contribution in [1.29, 1.82) is 0 Å². The molecule has 20 heavy (non-hydrogen) atoms. The third-order valence-electron chi connectivity index (χ3n) is 3.44. The van der Waals surface area contributed by atoms with Crippen molar-refractivity contribution >= 4 is 6.21 Å². The molecule has 0 aromatic heterocycles. The van der Waals surface area contributed by atoms with Gasteiger partial charge in [0, 0.05) is 5.56 Å². The van der Waals surface area contributed by atoms with Crippen LogP contribution in [0.25, 0.3) is 0 Å². The summed E-state index contributed by atoms with van der Waals surface area (Å²) in [5.41, 5.74) is 1.74. The van der Waals surface area contributed by atoms with Gasteiger partial charge < -0.3 is 10.1 Å². The highest BCUT2D eigenvalue weighted by Gasteiger charge is 2.04. The third-order valence-corrected chi connectivity index (χ3v) is 3.44. The van der Waals surface area contributed by atoms with Crippen LogP contribution >= 0.6 is 0 Å². The predicted octanol–water partition coefficient (Wildman–Crippen LogP) is 4.64. The molecular formula is C16H25NO3. The summed E-state index contributed by atoms with van der Waals surface area (Å²) in [7, 11) is 0. The molecule has 0 saturated heterocycles. The van der Waals surface area contributed by atoms with Crippen LogP contribution < -0.4 is 4.89 Å². The second-order valence-corrected chi connectivity index (χ2v) is 5.08. The molecule has 0 aliphatic heterocycles. The number of hydrogen-bond acceptors (Lipinski definition) is 4. The molecule has 0 bridgehead atoms. The normalized spacial score (nSPS) is 11.1. The van der Waals surface area contributed by atoms with E-state index in [0.717, 1.165) is 18.4 Å². The minimum absolute atomic E-state index is 0.297. The van der Waals surface area contributed by atoms with Crippen molar-refractivity contribution in [2.75, 3.05) is 0 Å². The Balaban J connectivity index is 2.35. The number of hydrogen-bond donors (Lipinski definition) is 2. The zero-order valence-electron chi connectivity index (χ0n) is 12.2. The summed E-state index contributed by atoms with van der Waals surface area (Å²) >= 11 is 0. The Kier molecular flexibility index (Phi) is 8.47. The van der Waals surface area contributed by atoms with Crippen molar-refractivity contribution in [3.05, 3.63) is 29.3 Å². The summed E-state index contributed by atoms with van der Waals surface area (Å²) in [6.45, 7) is 2.23. The zero-order chi connectivity index (χ0) is 14.6. The summed E-state index contributed by atoms with van der Waals surface area (Å²) in [5, 5.41) is 20.3. The Hall–Kier alpha value is -1.55. The molecule has 1 aromatic rings. The van der Waals surface area contributed by atoms with Gasteiger partial charge in [-0.05, 0) is 30.5 Å². The Morgan fingerprint density at radius 3 is 2.45 bits per heavy atom. The lowest BCUT2D eigenvalue weighted by Crippen LogP contribution is -1.94. The van der Waals surface area contributed by atoms with Crippen LogP contribution in [0.2, 0.25) is 0 Å². The quantitative estimate of drug-likeness (QED) is 0.216. The Morgan fingerprint density at radius 1 is 1.10 bits per heavy atom. The van der Waals surface area contributed by atoms with Gasteiger partial charge in [0.05, 0.1) is 6.21 Å². The SMILES string of the molecule is CCCCCCCCCc1ccc(OO)c(C=NO)c1. The molecule has 0 amide bonds. The molecule has 4 nitrogen and oxygen atoms in total. The fourth-order valence-electron chi connectivity index (χ4n) is 2.29. The minimum atomic E-state index is 0.297. The minimum Gasteiger partial charge on any atom is -0.411 e. The van der Waals surface area contributed by atoms with Gasteiger partial charge in [-0.25, -0.2) is 5.26 Å². The van der Waals surface area contributed by atoms with Crippen molar-refractivity contribution in [3.8, 4) is 5.75 Å². The van der Waals surface area contributed by atoms with E-state index in [4.69, 9.17) is 10.5 Å². The molecule has 0 unspecified atom stereocenters. The highest BCUT2D eigenvalue weighted by Crippen LogP contribution is 2.19. The first-order valence-corrected chi connectivity index (χ1v) is 7.43. The van der Waals surface area contributed by atoms with Gasteiger partial charge in [-0.3, -0.25) is 0 Å². The molecule has 0 spiro atoms. The molecule has 4 heteroatoms. The lowest BCUT2D eigenvalue weighted by atomic mass is 10.0. The van der Waals surface area contributed by atoms with E-state index < -0.39 is 0 Å². The maximum atomic E-state index is 8.71. The van der Waals surface area contributed by atoms with Gasteiger partial charge >= 0.3 is 0 Å².